The molecule has 0 aliphatic carbocycles. The monoisotopic (exact) mass is 235 g/mol. The lowest BCUT2D eigenvalue weighted by molar-refractivity contribution is -0.132. The molecule has 1 heterocycles. The molecule has 0 aromatic carbocycles. The van der Waals surface area contributed by atoms with Crippen LogP contribution in [-0.4, -0.2) is 34.9 Å². The summed E-state index contributed by atoms with van der Waals surface area (Å²) in [4.78, 5) is 17.9. The van der Waals surface area contributed by atoms with Gasteiger partial charge in [0.15, 0.2) is 0 Å². The zero-order chi connectivity index (χ0) is 12.7. The predicted molar refractivity (Wildman–Crippen MR) is 68.5 cm³/mol. The average Bonchev–Trinajstić information content (AvgIpc) is 2.34. The highest BCUT2D eigenvalue weighted by molar-refractivity contribution is 5.81. The maximum atomic E-state index is 11.8. The summed E-state index contributed by atoms with van der Waals surface area (Å²) >= 11 is 0. The van der Waals surface area contributed by atoms with Gasteiger partial charge in [-0.1, -0.05) is 13.0 Å². The van der Waals surface area contributed by atoms with Crippen LogP contribution in [0.5, 0.6) is 0 Å². The molecule has 0 spiro atoms. The number of pyridine rings is 1. The van der Waals surface area contributed by atoms with E-state index in [9.17, 15) is 4.79 Å². The third-order valence-electron chi connectivity index (χ3n) is 2.56. The van der Waals surface area contributed by atoms with E-state index >= 15 is 0 Å². The molecule has 1 aromatic rings. The zero-order valence-electron chi connectivity index (χ0n) is 10.6. The Balaban J connectivity index is 2.53. The second-order valence-electron chi connectivity index (χ2n) is 4.19. The van der Waals surface area contributed by atoms with Gasteiger partial charge in [-0.05, 0) is 25.5 Å². The number of nitrogens with zero attached hydrogens (tertiary/aromatic N) is 2. The first-order valence-electron chi connectivity index (χ1n) is 6.09. The van der Waals surface area contributed by atoms with Crippen molar-refractivity contribution in [1.29, 1.82) is 0 Å². The molecule has 4 heteroatoms. The Labute approximate surface area is 103 Å². The van der Waals surface area contributed by atoms with E-state index in [4.69, 9.17) is 5.73 Å². The Hall–Kier alpha value is -1.42. The standard InChI is InChI=1S/C13H21N3O/c1-3-9-16(13(17)11(2)14)10-7-12-6-4-5-8-15-12/h4-6,8,11H,3,7,9-10,14H2,1-2H3. The van der Waals surface area contributed by atoms with Crippen LogP contribution in [0.1, 0.15) is 26.0 Å². The Morgan fingerprint density at radius 1 is 1.47 bits per heavy atom. The second kappa shape index (κ2) is 7.01. The molecule has 1 rings (SSSR count). The molecule has 0 fully saturated rings. The van der Waals surface area contributed by atoms with Crippen LogP contribution in [0.4, 0.5) is 0 Å². The SMILES string of the molecule is CCCN(CCc1ccccn1)C(=O)C(C)N. The van der Waals surface area contributed by atoms with Crippen LogP contribution >= 0.6 is 0 Å². The fourth-order valence-electron chi connectivity index (χ4n) is 1.69. The fraction of sp³-hybridized carbons (Fsp3) is 0.538. The summed E-state index contributed by atoms with van der Waals surface area (Å²) in [6.45, 7) is 5.23. The molecule has 94 valence electrons. The molecular formula is C13H21N3O. The molecule has 0 aliphatic rings. The third kappa shape index (κ3) is 4.53. The van der Waals surface area contributed by atoms with Gasteiger partial charge >= 0.3 is 0 Å². The van der Waals surface area contributed by atoms with Crippen molar-refractivity contribution < 1.29 is 4.79 Å². The van der Waals surface area contributed by atoms with Gasteiger partial charge in [0, 0.05) is 31.4 Å². The van der Waals surface area contributed by atoms with Crippen LogP contribution in [-0.2, 0) is 11.2 Å². The molecule has 0 radical (unpaired) electrons. The number of hydrogen-bond donors (Lipinski definition) is 1. The number of nitrogens with two attached hydrogens (primary N) is 1. The number of amides is 1. The van der Waals surface area contributed by atoms with Crippen LogP contribution in [0, 0.1) is 0 Å². The molecule has 0 saturated heterocycles. The van der Waals surface area contributed by atoms with Gasteiger partial charge in [0.2, 0.25) is 5.91 Å². The molecule has 1 unspecified atom stereocenters. The Kier molecular flexibility index (Phi) is 5.63. The molecule has 0 saturated carbocycles. The van der Waals surface area contributed by atoms with E-state index in [-0.39, 0.29) is 5.91 Å². The summed E-state index contributed by atoms with van der Waals surface area (Å²) in [7, 11) is 0. The van der Waals surface area contributed by atoms with E-state index in [1.165, 1.54) is 0 Å². The van der Waals surface area contributed by atoms with Crippen molar-refractivity contribution in [2.24, 2.45) is 5.73 Å². The van der Waals surface area contributed by atoms with Crippen molar-refractivity contribution in [3.8, 4) is 0 Å². The molecular weight excluding hydrogens is 214 g/mol. The summed E-state index contributed by atoms with van der Waals surface area (Å²) in [5.41, 5.74) is 6.63. The normalized spacial score (nSPS) is 12.2. The van der Waals surface area contributed by atoms with Gasteiger partial charge in [0.05, 0.1) is 6.04 Å². The van der Waals surface area contributed by atoms with E-state index in [1.807, 2.05) is 23.1 Å². The number of hydrogen-bond acceptors (Lipinski definition) is 3. The molecule has 17 heavy (non-hydrogen) atoms. The minimum atomic E-state index is -0.426. The summed E-state index contributed by atoms with van der Waals surface area (Å²) in [5, 5.41) is 0. The van der Waals surface area contributed by atoms with Crippen LogP contribution in [0.3, 0.4) is 0 Å². The minimum absolute atomic E-state index is 0.0165. The van der Waals surface area contributed by atoms with Crippen molar-refractivity contribution in [3.63, 3.8) is 0 Å². The third-order valence-corrected chi connectivity index (χ3v) is 2.56. The quantitative estimate of drug-likeness (QED) is 0.806. The van der Waals surface area contributed by atoms with E-state index in [0.29, 0.717) is 6.54 Å². The van der Waals surface area contributed by atoms with Crippen LogP contribution in [0.15, 0.2) is 24.4 Å². The number of aromatic nitrogens is 1. The summed E-state index contributed by atoms with van der Waals surface area (Å²) in [5.74, 6) is 0.0165. The Morgan fingerprint density at radius 3 is 2.76 bits per heavy atom. The molecule has 0 aliphatic heterocycles. The molecule has 1 atom stereocenters. The number of rotatable bonds is 6. The highest BCUT2D eigenvalue weighted by Gasteiger charge is 2.16. The summed E-state index contributed by atoms with van der Waals surface area (Å²) in [6, 6.07) is 5.39. The molecule has 2 N–H and O–H groups in total. The first-order chi connectivity index (χ1) is 8.15. The van der Waals surface area contributed by atoms with E-state index in [0.717, 1.165) is 25.1 Å². The van der Waals surface area contributed by atoms with Gasteiger partial charge in [0.1, 0.15) is 0 Å². The molecule has 1 aromatic heterocycles. The number of carbonyl (C=O) groups excluding carboxylic acids is 1. The van der Waals surface area contributed by atoms with Crippen molar-refractivity contribution in [1.82, 2.24) is 9.88 Å². The van der Waals surface area contributed by atoms with Gasteiger partial charge in [0.25, 0.3) is 0 Å². The topological polar surface area (TPSA) is 59.2 Å². The first kappa shape index (κ1) is 13.6. The molecule has 0 bridgehead atoms. The molecule has 4 nitrogen and oxygen atoms in total. The van der Waals surface area contributed by atoms with Crippen LogP contribution in [0.25, 0.3) is 0 Å². The lowest BCUT2D eigenvalue weighted by Crippen LogP contribution is -2.43. The van der Waals surface area contributed by atoms with Gasteiger partial charge in [-0.3, -0.25) is 9.78 Å². The minimum Gasteiger partial charge on any atom is -0.341 e. The van der Waals surface area contributed by atoms with Gasteiger partial charge < -0.3 is 10.6 Å². The van der Waals surface area contributed by atoms with Crippen molar-refractivity contribution in [2.45, 2.75) is 32.7 Å². The van der Waals surface area contributed by atoms with Crippen molar-refractivity contribution in [2.75, 3.05) is 13.1 Å². The zero-order valence-corrected chi connectivity index (χ0v) is 10.6. The van der Waals surface area contributed by atoms with Gasteiger partial charge in [-0.2, -0.15) is 0 Å². The summed E-state index contributed by atoms with van der Waals surface area (Å²) in [6.07, 6.45) is 3.49. The van der Waals surface area contributed by atoms with Crippen molar-refractivity contribution >= 4 is 5.91 Å². The van der Waals surface area contributed by atoms with E-state index < -0.39 is 6.04 Å². The van der Waals surface area contributed by atoms with Crippen molar-refractivity contribution in [3.05, 3.63) is 30.1 Å². The van der Waals surface area contributed by atoms with Gasteiger partial charge in [-0.25, -0.2) is 0 Å². The smallest absolute Gasteiger partial charge is 0.239 e. The maximum Gasteiger partial charge on any atom is 0.239 e. The fourth-order valence-corrected chi connectivity index (χ4v) is 1.69. The second-order valence-corrected chi connectivity index (χ2v) is 4.19. The van der Waals surface area contributed by atoms with Crippen LogP contribution < -0.4 is 5.73 Å². The Morgan fingerprint density at radius 2 is 2.24 bits per heavy atom. The highest BCUT2D eigenvalue weighted by Crippen LogP contribution is 2.01. The highest BCUT2D eigenvalue weighted by atomic mass is 16.2. The van der Waals surface area contributed by atoms with Gasteiger partial charge in [-0.15, -0.1) is 0 Å². The lowest BCUT2D eigenvalue weighted by atomic mass is 10.2. The van der Waals surface area contributed by atoms with E-state index in [1.54, 1.807) is 13.1 Å². The lowest BCUT2D eigenvalue weighted by Gasteiger charge is -2.23. The maximum absolute atomic E-state index is 11.8. The predicted octanol–water partition coefficient (Wildman–Crippen LogP) is 1.21. The average molecular weight is 235 g/mol. The first-order valence-corrected chi connectivity index (χ1v) is 6.09. The van der Waals surface area contributed by atoms with E-state index in [2.05, 4.69) is 11.9 Å². The largest absolute Gasteiger partial charge is 0.341 e. The number of carbonyl (C=O) groups is 1. The summed E-state index contributed by atoms with van der Waals surface area (Å²) < 4.78 is 0. The molecule has 1 amide bonds. The Bertz CT molecular complexity index is 338. The van der Waals surface area contributed by atoms with Crippen LogP contribution in [0.2, 0.25) is 0 Å².